The smallest absolute Gasteiger partial charge is 0.303 e. The van der Waals surface area contributed by atoms with E-state index in [1.807, 2.05) is 0 Å². The topological polar surface area (TPSA) is 74.6 Å². The Morgan fingerprint density at radius 1 is 0.500 bits per heavy atom. The minimum atomic E-state index is -0.870. The first-order chi connectivity index (χ1) is 10.6. The van der Waals surface area contributed by atoms with Crippen molar-refractivity contribution < 1.29 is 19.8 Å². The van der Waals surface area contributed by atoms with Crippen LogP contribution in [0, 0.1) is 0 Å². The van der Waals surface area contributed by atoms with E-state index >= 15 is 0 Å². The molecule has 0 heterocycles. The van der Waals surface area contributed by atoms with Crippen molar-refractivity contribution in [2.45, 2.75) is 25.7 Å². The molecule has 0 saturated carbocycles. The predicted octanol–water partition coefficient (Wildman–Crippen LogP) is 5.53. The van der Waals surface area contributed by atoms with Crippen molar-refractivity contribution in [3.05, 3.63) is 78.9 Å². The second kappa shape index (κ2) is 102. The fourth-order valence-corrected chi connectivity index (χ4v) is 0.552. The number of carboxylic acid groups (broad SMARTS) is 2. The molecule has 4 heteroatoms. The summed E-state index contributed by atoms with van der Waals surface area (Å²) < 4.78 is 0. The molecule has 0 saturated heterocycles. The van der Waals surface area contributed by atoms with Crippen LogP contribution in [0.2, 0.25) is 0 Å². The molecule has 0 bridgehead atoms. The van der Waals surface area contributed by atoms with E-state index in [2.05, 4.69) is 78.9 Å². The van der Waals surface area contributed by atoms with Crippen molar-refractivity contribution >= 4 is 11.9 Å². The largest absolute Gasteiger partial charge is 0.481 e. The summed E-state index contributed by atoms with van der Waals surface area (Å²) in [6.07, 6.45) is 1.02. The summed E-state index contributed by atoms with van der Waals surface area (Å²) in [5.41, 5.74) is 0. The maximum Gasteiger partial charge on any atom is 0.303 e. The van der Waals surface area contributed by atoms with Gasteiger partial charge in [-0.05, 0) is 12.8 Å². The van der Waals surface area contributed by atoms with Crippen LogP contribution in [0.4, 0.5) is 0 Å². The van der Waals surface area contributed by atoms with Crippen LogP contribution in [0.5, 0.6) is 0 Å². The third-order valence-corrected chi connectivity index (χ3v) is 1.03. The first kappa shape index (κ1) is 42.7. The molecule has 0 aliphatic carbocycles. The van der Waals surface area contributed by atoms with Crippen LogP contribution in [0.15, 0.2) is 78.9 Å². The number of carbonyl (C=O) groups is 2. The monoisotopic (exact) mass is 314 g/mol. The van der Waals surface area contributed by atoms with Crippen LogP contribution in [0.3, 0.4) is 0 Å². The molecule has 0 fully saturated rings. The molecule has 2 N–H and O–H groups in total. The fraction of sp³-hybridized carbons (Fsp3) is 0.222. The standard InChI is InChI=1S/C6H10O4.6C2H4/c7-5(8)3-1-2-4-6(9)10;6*1-2/h1-4H2,(H,7,8)(H,9,10);6*1-2H2. The number of carboxylic acids is 2. The summed E-state index contributed by atoms with van der Waals surface area (Å²) in [5, 5.41) is 16.3. The zero-order valence-corrected chi connectivity index (χ0v) is 14.0. The summed E-state index contributed by atoms with van der Waals surface area (Å²) in [7, 11) is 0. The van der Waals surface area contributed by atoms with E-state index in [1.165, 1.54) is 0 Å². The molecule has 0 rings (SSSR count). The Labute approximate surface area is 137 Å². The van der Waals surface area contributed by atoms with Gasteiger partial charge >= 0.3 is 11.9 Å². The molecule has 4 nitrogen and oxygen atoms in total. The lowest BCUT2D eigenvalue weighted by molar-refractivity contribution is -0.139. The van der Waals surface area contributed by atoms with Crippen LogP contribution in [-0.2, 0) is 9.59 Å². The molecular weight excluding hydrogens is 280 g/mol. The van der Waals surface area contributed by atoms with E-state index < -0.39 is 11.9 Å². The minimum Gasteiger partial charge on any atom is -0.481 e. The zero-order valence-electron chi connectivity index (χ0n) is 14.0. The second-order valence-electron chi connectivity index (χ2n) is 1.99. The summed E-state index contributed by atoms with van der Waals surface area (Å²) in [5.74, 6) is -1.74. The van der Waals surface area contributed by atoms with E-state index in [-0.39, 0.29) is 12.8 Å². The molecule has 0 amide bonds. The van der Waals surface area contributed by atoms with Gasteiger partial charge in [0.25, 0.3) is 0 Å². The van der Waals surface area contributed by atoms with Crippen LogP contribution in [0.1, 0.15) is 25.7 Å². The average molecular weight is 314 g/mol. The highest BCUT2D eigenvalue weighted by Gasteiger charge is 1.99. The van der Waals surface area contributed by atoms with Crippen molar-refractivity contribution in [2.24, 2.45) is 0 Å². The number of hydrogen-bond donors (Lipinski definition) is 2. The van der Waals surface area contributed by atoms with Crippen LogP contribution in [0.25, 0.3) is 0 Å². The summed E-state index contributed by atoms with van der Waals surface area (Å²) in [4.78, 5) is 19.8. The van der Waals surface area contributed by atoms with Gasteiger partial charge in [-0.15, -0.1) is 78.9 Å². The summed E-state index contributed by atoms with van der Waals surface area (Å²) >= 11 is 0. The Kier molecular flexibility index (Phi) is 198. The zero-order chi connectivity index (χ0) is 20.0. The van der Waals surface area contributed by atoms with Gasteiger partial charge in [0, 0.05) is 12.8 Å². The highest BCUT2D eigenvalue weighted by molar-refractivity contribution is 5.67. The number of rotatable bonds is 5. The third kappa shape index (κ3) is 243. The summed E-state index contributed by atoms with van der Waals surface area (Å²) in [6, 6.07) is 0. The maximum atomic E-state index is 9.90. The maximum absolute atomic E-state index is 9.90. The quantitative estimate of drug-likeness (QED) is 0.517. The first-order valence-corrected chi connectivity index (χ1v) is 6.06. The Morgan fingerprint density at radius 2 is 0.636 bits per heavy atom. The molecular formula is C18H34O4. The van der Waals surface area contributed by atoms with Crippen LogP contribution < -0.4 is 0 Å². The van der Waals surface area contributed by atoms with E-state index in [1.54, 1.807) is 0 Å². The molecule has 0 radical (unpaired) electrons. The molecule has 0 aliphatic rings. The van der Waals surface area contributed by atoms with E-state index in [4.69, 9.17) is 10.2 Å². The lowest BCUT2D eigenvalue weighted by Gasteiger charge is -1.92. The highest BCUT2D eigenvalue weighted by Crippen LogP contribution is 1.98. The van der Waals surface area contributed by atoms with Crippen molar-refractivity contribution in [3.63, 3.8) is 0 Å². The van der Waals surface area contributed by atoms with Gasteiger partial charge in [-0.3, -0.25) is 9.59 Å². The molecule has 130 valence electrons. The van der Waals surface area contributed by atoms with Gasteiger partial charge in [0.05, 0.1) is 0 Å². The van der Waals surface area contributed by atoms with Crippen molar-refractivity contribution in [3.8, 4) is 0 Å². The molecule has 0 atom stereocenters. The van der Waals surface area contributed by atoms with Gasteiger partial charge in [-0.1, -0.05) is 0 Å². The SMILES string of the molecule is C=C.C=C.C=C.C=C.C=C.C=C.O=C(O)CCCCC(=O)O. The molecule has 0 aliphatic heterocycles. The van der Waals surface area contributed by atoms with Crippen LogP contribution in [-0.4, -0.2) is 22.2 Å². The van der Waals surface area contributed by atoms with E-state index in [0.29, 0.717) is 12.8 Å². The van der Waals surface area contributed by atoms with E-state index in [0.717, 1.165) is 0 Å². The Bertz CT molecular complexity index is 172. The Balaban J connectivity index is -0.0000000315. The Morgan fingerprint density at radius 3 is 0.727 bits per heavy atom. The normalized spacial score (nSPS) is 5.27. The minimum absolute atomic E-state index is 0.0628. The summed E-state index contributed by atoms with van der Waals surface area (Å²) in [6.45, 7) is 36.0. The van der Waals surface area contributed by atoms with Crippen LogP contribution >= 0.6 is 0 Å². The molecule has 0 aromatic carbocycles. The third-order valence-electron chi connectivity index (χ3n) is 1.03. The molecule has 0 spiro atoms. The lowest BCUT2D eigenvalue weighted by Crippen LogP contribution is -1.97. The van der Waals surface area contributed by atoms with Crippen molar-refractivity contribution in [1.82, 2.24) is 0 Å². The fourth-order valence-electron chi connectivity index (χ4n) is 0.552. The first-order valence-electron chi connectivity index (χ1n) is 6.06. The average Bonchev–Trinajstić information content (AvgIpc) is 2.62. The molecule has 22 heavy (non-hydrogen) atoms. The van der Waals surface area contributed by atoms with Gasteiger partial charge in [0.2, 0.25) is 0 Å². The van der Waals surface area contributed by atoms with Crippen molar-refractivity contribution in [1.29, 1.82) is 0 Å². The van der Waals surface area contributed by atoms with Gasteiger partial charge in [0.1, 0.15) is 0 Å². The van der Waals surface area contributed by atoms with Gasteiger partial charge in [-0.25, -0.2) is 0 Å². The van der Waals surface area contributed by atoms with Gasteiger partial charge < -0.3 is 10.2 Å². The molecule has 0 aromatic heterocycles. The van der Waals surface area contributed by atoms with Gasteiger partial charge in [0.15, 0.2) is 0 Å². The number of unbranched alkanes of at least 4 members (excludes halogenated alkanes) is 1. The van der Waals surface area contributed by atoms with E-state index in [9.17, 15) is 9.59 Å². The second-order valence-corrected chi connectivity index (χ2v) is 1.99. The molecule has 0 aromatic rings. The highest BCUT2D eigenvalue weighted by atomic mass is 16.4. The molecule has 0 unspecified atom stereocenters. The van der Waals surface area contributed by atoms with Crippen molar-refractivity contribution in [2.75, 3.05) is 0 Å². The lowest BCUT2D eigenvalue weighted by atomic mass is 10.2. The number of hydrogen-bond acceptors (Lipinski definition) is 2. The predicted molar refractivity (Wildman–Crippen MR) is 101 cm³/mol. The van der Waals surface area contributed by atoms with Gasteiger partial charge in [-0.2, -0.15) is 0 Å². The Hall–Kier alpha value is -2.62. The number of aliphatic carboxylic acids is 2.